The van der Waals surface area contributed by atoms with Gasteiger partial charge in [0.2, 0.25) is 0 Å². The molecule has 0 radical (unpaired) electrons. The van der Waals surface area contributed by atoms with Gasteiger partial charge < -0.3 is 15.5 Å². The molecule has 5 nitrogen and oxygen atoms in total. The number of halogens is 1. The number of nitrogens with zero attached hydrogens (tertiary/aromatic N) is 3. The molecule has 0 saturated carbocycles. The van der Waals surface area contributed by atoms with Crippen LogP contribution >= 0.6 is 35.3 Å². The molecule has 1 saturated heterocycles. The Morgan fingerprint density at radius 3 is 2.62 bits per heavy atom. The molecule has 0 spiro atoms. The van der Waals surface area contributed by atoms with E-state index in [4.69, 9.17) is 4.99 Å². The fourth-order valence-corrected chi connectivity index (χ4v) is 3.61. The summed E-state index contributed by atoms with van der Waals surface area (Å²) >= 11 is 1.86. The predicted molar refractivity (Wildman–Crippen MR) is 116 cm³/mol. The van der Waals surface area contributed by atoms with E-state index >= 15 is 0 Å². The zero-order valence-corrected chi connectivity index (χ0v) is 18.5. The molecule has 1 aromatic rings. The van der Waals surface area contributed by atoms with Crippen molar-refractivity contribution in [2.45, 2.75) is 32.9 Å². The number of nitrogens with one attached hydrogen (secondary N) is 2. The standard InChI is InChI=1S/C17H31N5S.HI/c1-5-15-7-8-16(23-15)12-20-17(18-6-2)19-11-14-13-21(3)9-10-22(14)4;/h7-8,14H,5-6,9-13H2,1-4H3,(H2,18,19,20);1H. The predicted octanol–water partition coefficient (Wildman–Crippen LogP) is 2.23. The summed E-state index contributed by atoms with van der Waals surface area (Å²) in [4.78, 5) is 12.3. The third kappa shape index (κ3) is 6.85. The van der Waals surface area contributed by atoms with Crippen molar-refractivity contribution in [3.05, 3.63) is 21.9 Å². The van der Waals surface area contributed by atoms with Gasteiger partial charge >= 0.3 is 0 Å². The number of aryl methyl sites for hydroxylation is 1. The van der Waals surface area contributed by atoms with E-state index in [2.05, 4.69) is 60.5 Å². The molecule has 1 aliphatic rings. The van der Waals surface area contributed by atoms with Gasteiger partial charge in [0.25, 0.3) is 0 Å². The van der Waals surface area contributed by atoms with Crippen molar-refractivity contribution in [3.63, 3.8) is 0 Å². The number of rotatable bonds is 6. The van der Waals surface area contributed by atoms with Crippen LogP contribution in [-0.2, 0) is 13.0 Å². The van der Waals surface area contributed by atoms with Crippen LogP contribution in [0.15, 0.2) is 17.1 Å². The number of piperazine rings is 1. The van der Waals surface area contributed by atoms with Crippen molar-refractivity contribution in [2.24, 2.45) is 4.99 Å². The Balaban J connectivity index is 0.00000288. The largest absolute Gasteiger partial charge is 0.357 e. The van der Waals surface area contributed by atoms with Crippen LogP contribution in [0.1, 0.15) is 23.6 Å². The SMILES string of the molecule is CCNC(=NCc1ccc(CC)s1)NCC1CN(C)CCN1C.I. The first kappa shape index (κ1) is 21.7. The van der Waals surface area contributed by atoms with Gasteiger partial charge in [-0.1, -0.05) is 6.92 Å². The van der Waals surface area contributed by atoms with Crippen LogP contribution in [0.5, 0.6) is 0 Å². The lowest BCUT2D eigenvalue weighted by atomic mass is 10.2. The maximum atomic E-state index is 4.73. The van der Waals surface area contributed by atoms with Crippen molar-refractivity contribution < 1.29 is 0 Å². The first-order valence-corrected chi connectivity index (χ1v) is 9.42. The minimum absolute atomic E-state index is 0. The van der Waals surface area contributed by atoms with E-state index in [1.807, 2.05) is 11.3 Å². The van der Waals surface area contributed by atoms with E-state index < -0.39 is 0 Å². The van der Waals surface area contributed by atoms with Crippen LogP contribution < -0.4 is 10.6 Å². The molecule has 0 bridgehead atoms. The van der Waals surface area contributed by atoms with Crippen LogP contribution in [0.4, 0.5) is 0 Å². The van der Waals surface area contributed by atoms with Crippen LogP contribution in [-0.4, -0.2) is 68.6 Å². The lowest BCUT2D eigenvalue weighted by molar-refractivity contribution is 0.116. The molecule has 1 atom stereocenters. The van der Waals surface area contributed by atoms with Crippen molar-refractivity contribution in [3.8, 4) is 0 Å². The fourth-order valence-electron chi connectivity index (χ4n) is 2.73. The number of aliphatic imine (C=N–C) groups is 1. The number of hydrogen-bond donors (Lipinski definition) is 2. The van der Waals surface area contributed by atoms with Crippen LogP contribution in [0, 0.1) is 0 Å². The second-order valence-electron chi connectivity index (χ2n) is 6.19. The highest BCUT2D eigenvalue weighted by Crippen LogP contribution is 2.17. The van der Waals surface area contributed by atoms with Gasteiger partial charge in [-0.2, -0.15) is 0 Å². The van der Waals surface area contributed by atoms with Crippen molar-refractivity contribution in [2.75, 3.05) is 46.8 Å². The molecular weight excluding hydrogens is 433 g/mol. The molecule has 24 heavy (non-hydrogen) atoms. The highest BCUT2D eigenvalue weighted by molar-refractivity contribution is 14.0. The minimum atomic E-state index is 0. The second kappa shape index (κ2) is 11.3. The lowest BCUT2D eigenvalue weighted by Gasteiger charge is -2.37. The topological polar surface area (TPSA) is 42.9 Å². The molecule has 1 fully saturated rings. The van der Waals surface area contributed by atoms with Gasteiger partial charge in [-0.15, -0.1) is 35.3 Å². The molecule has 1 unspecified atom stereocenters. The van der Waals surface area contributed by atoms with Gasteiger partial charge in [-0.3, -0.25) is 4.90 Å². The summed E-state index contributed by atoms with van der Waals surface area (Å²) < 4.78 is 0. The Kier molecular flexibility index (Phi) is 10.2. The van der Waals surface area contributed by atoms with E-state index in [1.165, 1.54) is 9.75 Å². The Hall–Kier alpha value is -0.380. The van der Waals surface area contributed by atoms with Gasteiger partial charge in [0.05, 0.1) is 6.54 Å². The summed E-state index contributed by atoms with van der Waals surface area (Å²) in [5.41, 5.74) is 0. The fraction of sp³-hybridized carbons (Fsp3) is 0.706. The summed E-state index contributed by atoms with van der Waals surface area (Å²) in [5.74, 6) is 0.917. The highest BCUT2D eigenvalue weighted by Gasteiger charge is 2.21. The Morgan fingerprint density at radius 1 is 1.21 bits per heavy atom. The maximum Gasteiger partial charge on any atom is 0.191 e. The van der Waals surface area contributed by atoms with E-state index in [9.17, 15) is 0 Å². The van der Waals surface area contributed by atoms with Crippen molar-refractivity contribution >= 4 is 41.3 Å². The summed E-state index contributed by atoms with van der Waals surface area (Å²) in [7, 11) is 4.41. The number of likely N-dealkylation sites (N-methyl/N-ethyl adjacent to an activating group) is 2. The molecule has 138 valence electrons. The summed E-state index contributed by atoms with van der Waals surface area (Å²) in [6.07, 6.45) is 1.11. The third-order valence-electron chi connectivity index (χ3n) is 4.29. The Bertz CT molecular complexity index is 505. The van der Waals surface area contributed by atoms with E-state index in [0.717, 1.165) is 51.6 Å². The highest BCUT2D eigenvalue weighted by atomic mass is 127. The smallest absolute Gasteiger partial charge is 0.191 e. The zero-order chi connectivity index (χ0) is 16.7. The van der Waals surface area contributed by atoms with Gasteiger partial charge in [0, 0.05) is 48.5 Å². The van der Waals surface area contributed by atoms with Crippen LogP contribution in [0.3, 0.4) is 0 Å². The molecule has 0 aromatic carbocycles. The molecule has 0 amide bonds. The second-order valence-corrected chi connectivity index (χ2v) is 7.45. The normalized spacial score (nSPS) is 19.8. The van der Waals surface area contributed by atoms with Gasteiger partial charge in [-0.05, 0) is 39.6 Å². The lowest BCUT2D eigenvalue weighted by Crippen LogP contribution is -2.55. The number of thiophene rings is 1. The molecule has 2 N–H and O–H groups in total. The zero-order valence-electron chi connectivity index (χ0n) is 15.3. The molecule has 1 aliphatic heterocycles. The number of guanidine groups is 1. The van der Waals surface area contributed by atoms with Gasteiger partial charge in [-0.25, -0.2) is 4.99 Å². The van der Waals surface area contributed by atoms with Gasteiger partial charge in [0.15, 0.2) is 5.96 Å². The minimum Gasteiger partial charge on any atom is -0.357 e. The molecule has 7 heteroatoms. The third-order valence-corrected chi connectivity index (χ3v) is 5.50. The molecule has 1 aromatic heterocycles. The maximum absolute atomic E-state index is 4.73. The first-order valence-electron chi connectivity index (χ1n) is 8.60. The average molecular weight is 465 g/mol. The first-order chi connectivity index (χ1) is 11.1. The molecule has 0 aliphatic carbocycles. The molecular formula is C17H32IN5S. The van der Waals surface area contributed by atoms with Crippen LogP contribution in [0.25, 0.3) is 0 Å². The van der Waals surface area contributed by atoms with Crippen molar-refractivity contribution in [1.29, 1.82) is 0 Å². The quantitative estimate of drug-likeness (QED) is 0.384. The summed E-state index contributed by atoms with van der Waals surface area (Å²) in [5, 5.41) is 6.86. The van der Waals surface area contributed by atoms with E-state index in [-0.39, 0.29) is 24.0 Å². The summed E-state index contributed by atoms with van der Waals surface area (Å²) in [6.45, 7) is 10.3. The Labute approximate surface area is 167 Å². The molecule has 2 rings (SSSR count). The van der Waals surface area contributed by atoms with E-state index in [0.29, 0.717) is 6.04 Å². The average Bonchev–Trinajstić information content (AvgIpc) is 3.01. The monoisotopic (exact) mass is 465 g/mol. The van der Waals surface area contributed by atoms with Crippen molar-refractivity contribution in [1.82, 2.24) is 20.4 Å². The van der Waals surface area contributed by atoms with Gasteiger partial charge in [0.1, 0.15) is 0 Å². The molecule has 2 heterocycles. The van der Waals surface area contributed by atoms with E-state index in [1.54, 1.807) is 0 Å². The number of hydrogen-bond acceptors (Lipinski definition) is 4. The van der Waals surface area contributed by atoms with Crippen LogP contribution in [0.2, 0.25) is 0 Å². The Morgan fingerprint density at radius 2 is 1.96 bits per heavy atom. The summed E-state index contributed by atoms with van der Waals surface area (Å²) in [6, 6.07) is 4.94.